The van der Waals surface area contributed by atoms with Gasteiger partial charge in [0.05, 0.1) is 62.1 Å². The smallest absolute Gasteiger partial charge is 0.166 e. The Labute approximate surface area is 429 Å². The molecule has 0 unspecified atom stereocenters. The maximum Gasteiger partial charge on any atom is 0.166 e. The molecule has 0 saturated carbocycles. The maximum atomic E-state index is 6.22. The van der Waals surface area contributed by atoms with Crippen molar-refractivity contribution in [2.45, 2.75) is 24.7 Å². The molecule has 0 N–H and O–H groups in total. The molecule has 6 nitrogen and oxygen atoms in total. The molecule has 2 aliphatic rings. The Morgan fingerprint density at radius 1 is 0.351 bits per heavy atom. The summed E-state index contributed by atoms with van der Waals surface area (Å²) in [6.45, 7) is 4.71. The van der Waals surface area contributed by atoms with E-state index in [1.807, 2.05) is 12.4 Å². The van der Waals surface area contributed by atoms with Crippen molar-refractivity contribution in [1.29, 1.82) is 0 Å². The largest absolute Gasteiger partial charge is 0.307 e. The first-order valence-electron chi connectivity index (χ1n) is 25.5. The number of hydrogen-bond donors (Lipinski definition) is 0. The maximum absolute atomic E-state index is 6.22. The van der Waals surface area contributed by atoms with E-state index in [2.05, 4.69) is 275 Å². The number of aromatic nitrogens is 4. The summed E-state index contributed by atoms with van der Waals surface area (Å²) in [6, 6.07) is 88.6. The van der Waals surface area contributed by atoms with Crippen molar-refractivity contribution < 1.29 is 0 Å². The van der Waals surface area contributed by atoms with Crippen LogP contribution in [0.15, 0.2) is 255 Å². The van der Waals surface area contributed by atoms with Gasteiger partial charge in [0.15, 0.2) is 5.82 Å². The number of benzene rings is 9. The molecular formula is C68H48N6. The summed E-state index contributed by atoms with van der Waals surface area (Å²) in [5.41, 5.74) is 16.6. The van der Waals surface area contributed by atoms with Gasteiger partial charge >= 0.3 is 0 Å². The second-order valence-electron chi connectivity index (χ2n) is 20.1. The first-order valence-corrected chi connectivity index (χ1v) is 25.5. The van der Waals surface area contributed by atoms with Crippen LogP contribution in [0, 0.1) is 0 Å². The molecule has 350 valence electrons. The standard InChI is InChI=1S/C68H48N6/c1-67(2)51-31-13-20-38-59(51)73(60-39-21-14-32-52(60)67)65-62(71-55-34-16-9-27-47(55)48-28-10-17-35-56(48)71)43-64(70-66(65)74-57-36-18-11-29-49(57)50-30-12-19-37-58(50)74)72-61-40-22-15-33-53(61)68(45-23-5-3-6-24-45,46-25-7-4-8-26-46)54-41-42-69-44-63(54)72/h3-44H,1-2H3. The van der Waals surface area contributed by atoms with E-state index in [9.17, 15) is 0 Å². The minimum atomic E-state index is -0.687. The Kier molecular flexibility index (Phi) is 9.12. The fraction of sp³-hybridized carbons (Fsp3) is 0.0588. The van der Waals surface area contributed by atoms with Crippen LogP contribution in [0.4, 0.5) is 34.3 Å². The second-order valence-corrected chi connectivity index (χ2v) is 20.1. The molecule has 9 aromatic carbocycles. The number of anilines is 6. The van der Waals surface area contributed by atoms with E-state index in [4.69, 9.17) is 9.97 Å². The van der Waals surface area contributed by atoms with E-state index < -0.39 is 5.41 Å². The third kappa shape index (κ3) is 5.76. The van der Waals surface area contributed by atoms with Gasteiger partial charge in [-0.1, -0.05) is 202 Å². The highest BCUT2D eigenvalue weighted by molar-refractivity contribution is 6.12. The van der Waals surface area contributed by atoms with Crippen LogP contribution < -0.4 is 9.80 Å². The van der Waals surface area contributed by atoms with Gasteiger partial charge in [-0.15, -0.1) is 0 Å². The predicted molar refractivity (Wildman–Crippen MR) is 304 cm³/mol. The van der Waals surface area contributed by atoms with Crippen LogP contribution in [0.3, 0.4) is 0 Å². The van der Waals surface area contributed by atoms with E-state index in [0.717, 1.165) is 89.7 Å². The van der Waals surface area contributed by atoms with Crippen LogP contribution in [0.1, 0.15) is 47.2 Å². The third-order valence-corrected chi connectivity index (χ3v) is 16.1. The van der Waals surface area contributed by atoms with Gasteiger partial charge in [0.1, 0.15) is 11.5 Å². The van der Waals surface area contributed by atoms with E-state index >= 15 is 0 Å². The molecule has 0 spiro atoms. The zero-order chi connectivity index (χ0) is 49.1. The summed E-state index contributed by atoms with van der Waals surface area (Å²) < 4.78 is 4.91. The molecule has 2 aliphatic heterocycles. The molecule has 0 atom stereocenters. The highest BCUT2D eigenvalue weighted by Crippen LogP contribution is 2.60. The number of hydrogen-bond acceptors (Lipinski definition) is 4. The van der Waals surface area contributed by atoms with Crippen LogP contribution in [-0.2, 0) is 10.8 Å². The molecule has 13 aromatic rings. The average molecular weight is 949 g/mol. The zero-order valence-corrected chi connectivity index (χ0v) is 40.9. The fourth-order valence-electron chi connectivity index (χ4n) is 13.0. The summed E-state index contributed by atoms with van der Waals surface area (Å²) in [4.78, 5) is 16.1. The topological polar surface area (TPSA) is 42.1 Å². The molecule has 0 aliphatic carbocycles. The van der Waals surface area contributed by atoms with Crippen molar-refractivity contribution in [2.75, 3.05) is 9.80 Å². The summed E-state index contributed by atoms with van der Waals surface area (Å²) in [7, 11) is 0. The van der Waals surface area contributed by atoms with Crippen LogP contribution in [-0.4, -0.2) is 19.1 Å². The third-order valence-electron chi connectivity index (χ3n) is 16.1. The molecular weight excluding hydrogens is 901 g/mol. The Bertz CT molecular complexity index is 4000. The quantitative estimate of drug-likeness (QED) is 0.167. The van der Waals surface area contributed by atoms with Gasteiger partial charge in [0.2, 0.25) is 0 Å². The van der Waals surface area contributed by atoms with Gasteiger partial charge in [-0.3, -0.25) is 14.5 Å². The van der Waals surface area contributed by atoms with E-state index in [1.54, 1.807) is 0 Å². The molecule has 15 rings (SSSR count). The average Bonchev–Trinajstić information content (AvgIpc) is 3.99. The van der Waals surface area contributed by atoms with Crippen molar-refractivity contribution >= 4 is 77.9 Å². The summed E-state index contributed by atoms with van der Waals surface area (Å²) >= 11 is 0. The lowest BCUT2D eigenvalue weighted by atomic mass is 9.62. The normalized spacial score (nSPS) is 14.2. The summed E-state index contributed by atoms with van der Waals surface area (Å²) in [5, 5.41) is 4.68. The predicted octanol–water partition coefficient (Wildman–Crippen LogP) is 16.9. The number of nitrogens with zero attached hydrogens (tertiary/aromatic N) is 6. The molecule has 0 fully saturated rings. The highest BCUT2D eigenvalue weighted by Gasteiger charge is 2.47. The molecule has 0 radical (unpaired) electrons. The Balaban J connectivity index is 1.15. The molecule has 74 heavy (non-hydrogen) atoms. The Morgan fingerprint density at radius 2 is 0.757 bits per heavy atom. The number of fused-ring (bicyclic) bond motifs is 10. The number of pyridine rings is 2. The molecule has 0 saturated heterocycles. The van der Waals surface area contributed by atoms with Crippen molar-refractivity contribution in [3.05, 3.63) is 288 Å². The zero-order valence-electron chi connectivity index (χ0n) is 40.9. The first kappa shape index (κ1) is 42.2. The van der Waals surface area contributed by atoms with Gasteiger partial charge < -0.3 is 9.47 Å². The van der Waals surface area contributed by atoms with E-state index in [-0.39, 0.29) is 5.41 Å². The van der Waals surface area contributed by atoms with Gasteiger partial charge in [-0.2, -0.15) is 0 Å². The first-order chi connectivity index (χ1) is 36.5. The lowest BCUT2D eigenvalue weighted by Gasteiger charge is -2.46. The van der Waals surface area contributed by atoms with Crippen molar-refractivity contribution in [3.8, 4) is 11.5 Å². The Morgan fingerprint density at radius 3 is 1.27 bits per heavy atom. The monoisotopic (exact) mass is 948 g/mol. The lowest BCUT2D eigenvalue weighted by molar-refractivity contribution is 0.631. The molecule has 6 heterocycles. The highest BCUT2D eigenvalue weighted by atomic mass is 15.3. The summed E-state index contributed by atoms with van der Waals surface area (Å²) in [6.07, 6.45) is 3.99. The van der Waals surface area contributed by atoms with Crippen LogP contribution in [0.2, 0.25) is 0 Å². The van der Waals surface area contributed by atoms with Crippen LogP contribution in [0.25, 0.3) is 55.1 Å². The minimum absolute atomic E-state index is 0.296. The summed E-state index contributed by atoms with van der Waals surface area (Å²) in [5.74, 6) is 1.56. The SMILES string of the molecule is CC1(C)c2ccccc2N(c2c(-n3c4ccccc4c4ccccc43)cc(N3c4ccccc4C(c4ccccc4)(c4ccccc4)c4ccncc43)nc2-n2c3ccccc3c3ccccc32)c2ccccc21. The molecule has 0 amide bonds. The second kappa shape index (κ2) is 16.0. The van der Waals surface area contributed by atoms with Gasteiger partial charge in [0, 0.05) is 39.2 Å². The lowest BCUT2D eigenvalue weighted by Crippen LogP contribution is -2.38. The van der Waals surface area contributed by atoms with Crippen LogP contribution >= 0.6 is 0 Å². The minimum Gasteiger partial charge on any atom is -0.307 e. The van der Waals surface area contributed by atoms with Gasteiger partial charge in [0.25, 0.3) is 0 Å². The van der Waals surface area contributed by atoms with Crippen molar-refractivity contribution in [2.24, 2.45) is 0 Å². The molecule has 0 bridgehead atoms. The van der Waals surface area contributed by atoms with E-state index in [0.29, 0.717) is 0 Å². The van der Waals surface area contributed by atoms with Crippen molar-refractivity contribution in [3.63, 3.8) is 0 Å². The molecule has 6 heteroatoms. The number of rotatable bonds is 6. The van der Waals surface area contributed by atoms with Gasteiger partial charge in [-0.05, 0) is 81.9 Å². The van der Waals surface area contributed by atoms with Crippen molar-refractivity contribution in [1.82, 2.24) is 19.1 Å². The van der Waals surface area contributed by atoms with Gasteiger partial charge in [-0.25, -0.2) is 4.98 Å². The van der Waals surface area contributed by atoms with E-state index in [1.165, 1.54) is 33.0 Å². The molecule has 4 aromatic heterocycles. The Hall–Kier alpha value is -9.52. The fourth-order valence-corrected chi connectivity index (χ4v) is 13.0. The number of para-hydroxylation sites is 7. The van der Waals surface area contributed by atoms with Crippen LogP contribution in [0.5, 0.6) is 0 Å².